The molecule has 152 valence electrons. The van der Waals surface area contributed by atoms with E-state index >= 15 is 0 Å². The van der Waals surface area contributed by atoms with Gasteiger partial charge in [0.05, 0.1) is 16.3 Å². The fourth-order valence-electron chi connectivity index (χ4n) is 3.33. The number of thiophene rings is 1. The van der Waals surface area contributed by atoms with Crippen molar-refractivity contribution in [2.24, 2.45) is 0 Å². The molecule has 1 aromatic carbocycles. The van der Waals surface area contributed by atoms with E-state index in [1.807, 2.05) is 28.5 Å². The normalized spacial score (nSPS) is 14.8. The molecule has 0 aliphatic carbocycles. The van der Waals surface area contributed by atoms with Crippen LogP contribution in [0, 0.1) is 5.82 Å². The lowest BCUT2D eigenvalue weighted by Gasteiger charge is -2.23. The Bertz CT molecular complexity index is 928. The van der Waals surface area contributed by atoms with Crippen molar-refractivity contribution >= 4 is 34.7 Å². The minimum atomic E-state index is -0.230. The van der Waals surface area contributed by atoms with Gasteiger partial charge in [-0.15, -0.1) is 23.1 Å². The lowest BCUT2D eigenvalue weighted by atomic mass is 10.2. The SMILES string of the molecule is O=C(CSCc1cc(-c2cccs2)on1)N1CCCN(c2ccc(F)cc2)CC1. The molecule has 5 nitrogen and oxygen atoms in total. The Morgan fingerprint density at radius 2 is 2.03 bits per heavy atom. The first-order valence-electron chi connectivity index (χ1n) is 9.54. The zero-order valence-electron chi connectivity index (χ0n) is 15.9. The van der Waals surface area contributed by atoms with Crippen LogP contribution in [0.1, 0.15) is 12.1 Å². The number of benzene rings is 1. The Morgan fingerprint density at radius 3 is 2.83 bits per heavy atom. The maximum absolute atomic E-state index is 13.1. The van der Waals surface area contributed by atoms with Crippen LogP contribution in [0.3, 0.4) is 0 Å². The molecular formula is C21H22FN3O2S2. The number of anilines is 1. The second kappa shape index (κ2) is 9.45. The molecule has 0 saturated carbocycles. The van der Waals surface area contributed by atoms with Crippen LogP contribution < -0.4 is 4.90 Å². The molecule has 8 heteroatoms. The summed E-state index contributed by atoms with van der Waals surface area (Å²) in [6, 6.07) is 12.5. The molecule has 4 rings (SSSR count). The van der Waals surface area contributed by atoms with Crippen molar-refractivity contribution in [3.8, 4) is 10.6 Å². The van der Waals surface area contributed by atoms with Crippen LogP contribution in [0.4, 0.5) is 10.1 Å². The molecule has 29 heavy (non-hydrogen) atoms. The Labute approximate surface area is 177 Å². The number of rotatable bonds is 6. The monoisotopic (exact) mass is 431 g/mol. The Morgan fingerprint density at radius 1 is 1.17 bits per heavy atom. The largest absolute Gasteiger partial charge is 0.370 e. The highest BCUT2D eigenvalue weighted by Gasteiger charge is 2.19. The van der Waals surface area contributed by atoms with E-state index in [-0.39, 0.29) is 11.7 Å². The van der Waals surface area contributed by atoms with Crippen LogP contribution in [-0.2, 0) is 10.5 Å². The van der Waals surface area contributed by atoms with Crippen molar-refractivity contribution in [2.45, 2.75) is 12.2 Å². The maximum Gasteiger partial charge on any atom is 0.232 e. The predicted octanol–water partition coefficient (Wildman–Crippen LogP) is 4.51. The summed E-state index contributed by atoms with van der Waals surface area (Å²) in [7, 11) is 0. The van der Waals surface area contributed by atoms with Gasteiger partial charge in [0, 0.05) is 43.7 Å². The van der Waals surface area contributed by atoms with E-state index in [1.54, 1.807) is 35.2 Å². The molecule has 1 fully saturated rings. The van der Waals surface area contributed by atoms with Gasteiger partial charge in [-0.2, -0.15) is 0 Å². The zero-order valence-corrected chi connectivity index (χ0v) is 17.6. The Hall–Kier alpha value is -2.32. The first-order valence-corrected chi connectivity index (χ1v) is 11.6. The number of carbonyl (C=O) groups excluding carboxylic acids is 1. The standard InChI is InChI=1S/C21H22FN3O2S2/c22-16-4-6-18(7-5-16)24-8-2-9-25(11-10-24)21(26)15-28-14-17-13-19(27-23-17)20-3-1-12-29-20/h1,3-7,12-13H,2,8-11,14-15H2. The average Bonchev–Trinajstić information content (AvgIpc) is 3.36. The van der Waals surface area contributed by atoms with E-state index in [9.17, 15) is 9.18 Å². The van der Waals surface area contributed by atoms with E-state index in [2.05, 4.69) is 10.1 Å². The fraction of sp³-hybridized carbons (Fsp3) is 0.333. The van der Waals surface area contributed by atoms with Gasteiger partial charge in [-0.05, 0) is 42.1 Å². The van der Waals surface area contributed by atoms with E-state index < -0.39 is 0 Å². The first kappa shape index (κ1) is 20.0. The van der Waals surface area contributed by atoms with Gasteiger partial charge < -0.3 is 14.3 Å². The van der Waals surface area contributed by atoms with E-state index in [1.165, 1.54) is 12.1 Å². The summed E-state index contributed by atoms with van der Waals surface area (Å²) in [4.78, 5) is 17.8. The van der Waals surface area contributed by atoms with Gasteiger partial charge in [0.2, 0.25) is 5.91 Å². The predicted molar refractivity (Wildman–Crippen MR) is 116 cm³/mol. The third-order valence-electron chi connectivity index (χ3n) is 4.84. The number of amides is 1. The highest BCUT2D eigenvalue weighted by molar-refractivity contribution is 7.99. The van der Waals surface area contributed by atoms with Gasteiger partial charge in [-0.3, -0.25) is 4.79 Å². The Balaban J connectivity index is 1.24. The molecule has 1 aliphatic heterocycles. The fourth-order valence-corrected chi connectivity index (χ4v) is 4.80. The number of hydrogen-bond donors (Lipinski definition) is 0. The van der Waals surface area contributed by atoms with Gasteiger partial charge >= 0.3 is 0 Å². The number of aromatic nitrogens is 1. The van der Waals surface area contributed by atoms with E-state index in [0.29, 0.717) is 18.1 Å². The van der Waals surface area contributed by atoms with Crippen molar-refractivity contribution in [3.05, 3.63) is 59.4 Å². The molecule has 0 atom stereocenters. The molecule has 0 radical (unpaired) electrons. The summed E-state index contributed by atoms with van der Waals surface area (Å²) in [5, 5.41) is 6.10. The van der Waals surface area contributed by atoms with E-state index in [0.717, 1.165) is 48.1 Å². The molecule has 0 unspecified atom stereocenters. The molecule has 1 saturated heterocycles. The molecule has 0 N–H and O–H groups in total. The van der Waals surface area contributed by atoms with Crippen LogP contribution in [0.5, 0.6) is 0 Å². The summed E-state index contributed by atoms with van der Waals surface area (Å²) >= 11 is 3.17. The summed E-state index contributed by atoms with van der Waals surface area (Å²) < 4.78 is 18.5. The average molecular weight is 432 g/mol. The third-order valence-corrected chi connectivity index (χ3v) is 6.67. The third kappa shape index (κ3) is 5.19. The minimum absolute atomic E-state index is 0.151. The molecule has 0 bridgehead atoms. The van der Waals surface area contributed by atoms with Crippen LogP contribution in [-0.4, -0.2) is 47.9 Å². The molecule has 0 spiro atoms. The van der Waals surface area contributed by atoms with Crippen LogP contribution >= 0.6 is 23.1 Å². The lowest BCUT2D eigenvalue weighted by molar-refractivity contribution is -0.128. The quantitative estimate of drug-likeness (QED) is 0.575. The maximum atomic E-state index is 13.1. The van der Waals surface area contributed by atoms with Crippen molar-refractivity contribution in [2.75, 3.05) is 36.8 Å². The highest BCUT2D eigenvalue weighted by Crippen LogP contribution is 2.26. The van der Waals surface area contributed by atoms with Gasteiger partial charge in [-0.1, -0.05) is 11.2 Å². The summed E-state index contributed by atoms with van der Waals surface area (Å²) in [6.07, 6.45) is 0.904. The van der Waals surface area contributed by atoms with Crippen molar-refractivity contribution < 1.29 is 13.7 Å². The number of carbonyl (C=O) groups is 1. The molecule has 1 aliphatic rings. The number of thioether (sulfide) groups is 1. The highest BCUT2D eigenvalue weighted by atomic mass is 32.2. The smallest absolute Gasteiger partial charge is 0.232 e. The number of hydrogen-bond acceptors (Lipinski definition) is 6. The minimum Gasteiger partial charge on any atom is -0.370 e. The summed E-state index contributed by atoms with van der Waals surface area (Å²) in [5.41, 5.74) is 1.85. The van der Waals surface area contributed by atoms with Gasteiger partial charge in [0.15, 0.2) is 5.76 Å². The van der Waals surface area contributed by atoms with Crippen molar-refractivity contribution in [3.63, 3.8) is 0 Å². The van der Waals surface area contributed by atoms with Gasteiger partial charge in [0.1, 0.15) is 5.82 Å². The molecule has 2 aromatic heterocycles. The van der Waals surface area contributed by atoms with Gasteiger partial charge in [-0.25, -0.2) is 4.39 Å². The first-order chi connectivity index (χ1) is 14.2. The van der Waals surface area contributed by atoms with Crippen LogP contribution in [0.15, 0.2) is 52.4 Å². The topological polar surface area (TPSA) is 49.6 Å². The molecular weight excluding hydrogens is 409 g/mol. The van der Waals surface area contributed by atoms with Crippen molar-refractivity contribution in [1.29, 1.82) is 0 Å². The second-order valence-electron chi connectivity index (χ2n) is 6.85. The van der Waals surface area contributed by atoms with E-state index in [4.69, 9.17) is 4.52 Å². The number of halogens is 1. The van der Waals surface area contributed by atoms with Crippen molar-refractivity contribution in [1.82, 2.24) is 10.1 Å². The van der Waals surface area contributed by atoms with Crippen LogP contribution in [0.2, 0.25) is 0 Å². The zero-order chi connectivity index (χ0) is 20.1. The summed E-state index contributed by atoms with van der Waals surface area (Å²) in [6.45, 7) is 3.06. The lowest BCUT2D eigenvalue weighted by Crippen LogP contribution is -2.36. The van der Waals surface area contributed by atoms with Gasteiger partial charge in [0.25, 0.3) is 0 Å². The summed E-state index contributed by atoms with van der Waals surface area (Å²) in [5.74, 6) is 1.77. The molecule has 3 heterocycles. The second-order valence-corrected chi connectivity index (χ2v) is 8.78. The van der Waals surface area contributed by atoms with Crippen LogP contribution in [0.25, 0.3) is 10.6 Å². The number of nitrogens with zero attached hydrogens (tertiary/aromatic N) is 3. The Kier molecular flexibility index (Phi) is 6.51. The molecule has 3 aromatic rings. The molecule has 1 amide bonds.